The molecule has 1 saturated heterocycles. The molecule has 78 valence electrons. The minimum absolute atomic E-state index is 0. The molecule has 1 unspecified atom stereocenters. The smallest absolute Gasteiger partial charge is 0.850 e. The van der Waals surface area contributed by atoms with E-state index in [2.05, 4.69) is 0 Å². The summed E-state index contributed by atoms with van der Waals surface area (Å²) in [5.74, 6) is 0. The molecular formula is C10H19KO3. The summed E-state index contributed by atoms with van der Waals surface area (Å²) in [7, 11) is 1.80. The molecule has 1 heterocycles. The molecule has 14 heavy (non-hydrogen) atoms. The van der Waals surface area contributed by atoms with E-state index in [0.29, 0.717) is 25.7 Å². The summed E-state index contributed by atoms with van der Waals surface area (Å²) in [5.41, 5.74) is 0. The summed E-state index contributed by atoms with van der Waals surface area (Å²) < 4.78 is 9.86. The van der Waals surface area contributed by atoms with Gasteiger partial charge in [-0.25, -0.2) is 0 Å². The molecule has 1 aliphatic carbocycles. The third-order valence-electron chi connectivity index (χ3n) is 2.52. The van der Waals surface area contributed by atoms with Crippen molar-refractivity contribution in [3.05, 3.63) is 0 Å². The van der Waals surface area contributed by atoms with Crippen LogP contribution in [0.25, 0.3) is 0 Å². The molecular weight excluding hydrogens is 207 g/mol. The van der Waals surface area contributed by atoms with E-state index in [4.69, 9.17) is 9.47 Å². The number of rotatable bonds is 1. The van der Waals surface area contributed by atoms with E-state index in [0.717, 1.165) is 0 Å². The fraction of sp³-hybridized carbons (Fsp3) is 1.00. The molecule has 0 radical (unpaired) electrons. The molecule has 0 amide bonds. The number of ether oxygens (including phenoxy) is 2. The zero-order chi connectivity index (χ0) is 9.52. The molecule has 3 nitrogen and oxygen atoms in total. The Hall–Kier alpha value is 1.52. The van der Waals surface area contributed by atoms with Crippen molar-refractivity contribution in [2.24, 2.45) is 0 Å². The van der Waals surface area contributed by atoms with Gasteiger partial charge < -0.3 is 14.6 Å². The van der Waals surface area contributed by atoms with Crippen LogP contribution in [0.4, 0.5) is 0 Å². The normalized spacial score (nSPS) is 26.6. The van der Waals surface area contributed by atoms with Crippen LogP contribution >= 0.6 is 0 Å². The molecule has 0 aromatic carbocycles. The summed E-state index contributed by atoms with van der Waals surface area (Å²) in [6.07, 6.45) is 6.20. The van der Waals surface area contributed by atoms with Crippen LogP contribution in [0.15, 0.2) is 0 Å². The Morgan fingerprint density at radius 2 is 1.86 bits per heavy atom. The minimum atomic E-state index is -0.426. The first-order valence-electron chi connectivity index (χ1n) is 5.09. The Kier molecular flexibility index (Phi) is 10.8. The van der Waals surface area contributed by atoms with Crippen LogP contribution in [0.2, 0.25) is 0 Å². The molecule has 2 aliphatic rings. The third kappa shape index (κ3) is 6.90. The molecule has 0 aromatic heterocycles. The molecule has 2 fully saturated rings. The number of hydrogen-bond acceptors (Lipinski definition) is 3. The Morgan fingerprint density at radius 3 is 2.07 bits per heavy atom. The van der Waals surface area contributed by atoms with Crippen LogP contribution in [-0.4, -0.2) is 32.5 Å². The van der Waals surface area contributed by atoms with Crippen molar-refractivity contribution in [3.8, 4) is 0 Å². The summed E-state index contributed by atoms with van der Waals surface area (Å²) in [6, 6.07) is 0. The van der Waals surface area contributed by atoms with Crippen molar-refractivity contribution in [3.63, 3.8) is 0 Å². The SMILES string of the molecule is COC1CCCC1.[K+].[O-]C1CCOC1. The van der Waals surface area contributed by atoms with Gasteiger partial charge in [-0.2, -0.15) is 0 Å². The van der Waals surface area contributed by atoms with E-state index in [1.807, 2.05) is 0 Å². The molecule has 4 heteroatoms. The van der Waals surface area contributed by atoms with Crippen LogP contribution in [0.1, 0.15) is 32.1 Å². The largest absolute Gasteiger partial charge is 1.00 e. The monoisotopic (exact) mass is 226 g/mol. The molecule has 0 N–H and O–H groups in total. The molecule has 1 atom stereocenters. The second-order valence-corrected chi connectivity index (χ2v) is 3.63. The van der Waals surface area contributed by atoms with Gasteiger partial charge in [0, 0.05) is 20.3 Å². The maximum atomic E-state index is 10.2. The van der Waals surface area contributed by atoms with Crippen molar-refractivity contribution in [1.82, 2.24) is 0 Å². The Morgan fingerprint density at radius 1 is 1.21 bits per heavy atom. The quantitative estimate of drug-likeness (QED) is 0.473. The van der Waals surface area contributed by atoms with Crippen LogP contribution in [-0.2, 0) is 9.47 Å². The van der Waals surface area contributed by atoms with Crippen LogP contribution in [0.3, 0.4) is 0 Å². The summed E-state index contributed by atoms with van der Waals surface area (Å²) in [6.45, 7) is 1.11. The van der Waals surface area contributed by atoms with Gasteiger partial charge in [0.2, 0.25) is 0 Å². The van der Waals surface area contributed by atoms with Crippen molar-refractivity contribution >= 4 is 0 Å². The second kappa shape index (κ2) is 9.72. The van der Waals surface area contributed by atoms with Crippen LogP contribution < -0.4 is 56.5 Å². The first kappa shape index (κ1) is 15.5. The standard InChI is InChI=1S/C6H12O.C4H7O2.K/c1-7-6-4-2-3-5-6;5-4-1-2-6-3-4;/h6H,2-5H2,1H3;4H,1-3H2;/q;-1;+1. The van der Waals surface area contributed by atoms with Gasteiger partial charge >= 0.3 is 51.4 Å². The molecule has 1 aliphatic heterocycles. The predicted molar refractivity (Wildman–Crippen MR) is 48.5 cm³/mol. The Balaban J connectivity index is 0.000000227. The fourth-order valence-corrected chi connectivity index (χ4v) is 1.64. The van der Waals surface area contributed by atoms with Crippen molar-refractivity contribution in [2.75, 3.05) is 20.3 Å². The fourth-order valence-electron chi connectivity index (χ4n) is 1.64. The topological polar surface area (TPSA) is 41.5 Å². The van der Waals surface area contributed by atoms with Gasteiger partial charge in [0.05, 0.1) is 6.10 Å². The molecule has 0 spiro atoms. The maximum absolute atomic E-state index is 10.2. The van der Waals surface area contributed by atoms with Gasteiger partial charge in [-0.05, 0) is 19.3 Å². The van der Waals surface area contributed by atoms with Gasteiger partial charge in [-0.3, -0.25) is 0 Å². The van der Waals surface area contributed by atoms with Gasteiger partial charge in [-0.1, -0.05) is 12.8 Å². The van der Waals surface area contributed by atoms with Crippen LogP contribution in [0, 0.1) is 0 Å². The van der Waals surface area contributed by atoms with Crippen molar-refractivity contribution < 1.29 is 66.0 Å². The molecule has 1 saturated carbocycles. The molecule has 2 rings (SSSR count). The summed E-state index contributed by atoms with van der Waals surface area (Å²) in [4.78, 5) is 0. The van der Waals surface area contributed by atoms with E-state index in [9.17, 15) is 5.11 Å². The van der Waals surface area contributed by atoms with Gasteiger partial charge in [-0.15, -0.1) is 6.10 Å². The van der Waals surface area contributed by atoms with Gasteiger partial charge in [0.25, 0.3) is 0 Å². The van der Waals surface area contributed by atoms with E-state index in [1.165, 1.54) is 25.7 Å². The van der Waals surface area contributed by atoms with E-state index >= 15 is 0 Å². The summed E-state index contributed by atoms with van der Waals surface area (Å²) >= 11 is 0. The minimum Gasteiger partial charge on any atom is -0.850 e. The second-order valence-electron chi connectivity index (χ2n) is 3.63. The number of hydrogen-bond donors (Lipinski definition) is 0. The van der Waals surface area contributed by atoms with E-state index < -0.39 is 6.10 Å². The summed E-state index contributed by atoms with van der Waals surface area (Å²) in [5, 5.41) is 10.2. The van der Waals surface area contributed by atoms with Gasteiger partial charge in [0.1, 0.15) is 0 Å². The first-order valence-corrected chi connectivity index (χ1v) is 5.09. The maximum Gasteiger partial charge on any atom is 1.00 e. The zero-order valence-corrected chi connectivity index (χ0v) is 12.5. The average molecular weight is 226 g/mol. The van der Waals surface area contributed by atoms with E-state index in [1.54, 1.807) is 7.11 Å². The first-order chi connectivity index (χ1) is 6.33. The average Bonchev–Trinajstić information content (AvgIpc) is 2.76. The molecule has 0 aromatic rings. The predicted octanol–water partition coefficient (Wildman–Crippen LogP) is -2.28. The van der Waals surface area contributed by atoms with Crippen molar-refractivity contribution in [2.45, 2.75) is 44.3 Å². The van der Waals surface area contributed by atoms with Crippen LogP contribution in [0.5, 0.6) is 0 Å². The Bertz CT molecular complexity index is 121. The zero-order valence-electron chi connectivity index (χ0n) is 9.33. The number of methoxy groups -OCH3 is 1. The Labute approximate surface area is 129 Å². The third-order valence-corrected chi connectivity index (χ3v) is 2.52. The molecule has 0 bridgehead atoms. The van der Waals surface area contributed by atoms with E-state index in [-0.39, 0.29) is 51.4 Å². The van der Waals surface area contributed by atoms with Gasteiger partial charge in [0.15, 0.2) is 0 Å². The van der Waals surface area contributed by atoms with Crippen molar-refractivity contribution in [1.29, 1.82) is 0 Å².